The molecule has 4 rings (SSSR count). The molecule has 0 radical (unpaired) electrons. The van der Waals surface area contributed by atoms with Crippen LogP contribution in [0, 0.1) is 5.92 Å². The van der Waals surface area contributed by atoms with Crippen LogP contribution in [0.2, 0.25) is 0 Å². The van der Waals surface area contributed by atoms with E-state index in [4.69, 9.17) is 14.9 Å². The van der Waals surface area contributed by atoms with Crippen molar-refractivity contribution in [2.45, 2.75) is 37.3 Å². The number of hydrogen-bond acceptors (Lipinski definition) is 5. The summed E-state index contributed by atoms with van der Waals surface area (Å²) in [5, 5.41) is 23.1. The van der Waals surface area contributed by atoms with E-state index in [1.54, 1.807) is 0 Å². The smallest absolute Gasteiger partial charge is 0.407 e. The first-order valence-corrected chi connectivity index (χ1v) is 10.7. The van der Waals surface area contributed by atoms with Crippen LogP contribution in [0.25, 0.3) is 11.1 Å². The lowest BCUT2D eigenvalue weighted by Gasteiger charge is -2.20. The Morgan fingerprint density at radius 1 is 0.969 bits per heavy atom. The van der Waals surface area contributed by atoms with E-state index in [-0.39, 0.29) is 24.9 Å². The zero-order valence-corrected chi connectivity index (χ0v) is 17.5. The van der Waals surface area contributed by atoms with E-state index < -0.39 is 36.7 Å². The Balaban J connectivity index is 1.36. The number of ether oxygens (including phenoxy) is 1. The molecular formula is C24H26N2O6. The number of aliphatic carboxylic acids is 1. The average molecular weight is 438 g/mol. The molecule has 168 valence electrons. The molecule has 1 unspecified atom stereocenters. The predicted octanol–water partition coefficient (Wildman–Crippen LogP) is 2.26. The van der Waals surface area contributed by atoms with Crippen LogP contribution in [-0.4, -0.2) is 53.5 Å². The Labute approximate surface area is 185 Å². The molecule has 2 atom stereocenters. The molecule has 1 saturated carbocycles. The molecule has 32 heavy (non-hydrogen) atoms. The Morgan fingerprint density at radius 2 is 1.56 bits per heavy atom. The van der Waals surface area contributed by atoms with Crippen LogP contribution in [0.4, 0.5) is 4.79 Å². The minimum atomic E-state index is -1.36. The van der Waals surface area contributed by atoms with Gasteiger partial charge in [0.1, 0.15) is 12.6 Å². The molecule has 2 amide bonds. The average Bonchev–Trinajstić information content (AvgIpc) is 3.58. The highest BCUT2D eigenvalue weighted by molar-refractivity contribution is 5.84. The maximum absolute atomic E-state index is 12.5. The number of rotatable bonds is 9. The van der Waals surface area contributed by atoms with Gasteiger partial charge in [-0.1, -0.05) is 48.5 Å². The van der Waals surface area contributed by atoms with Crippen molar-refractivity contribution in [1.29, 1.82) is 0 Å². The molecule has 0 aliphatic heterocycles. The van der Waals surface area contributed by atoms with E-state index in [9.17, 15) is 14.4 Å². The van der Waals surface area contributed by atoms with Gasteiger partial charge in [-0.2, -0.15) is 0 Å². The minimum absolute atomic E-state index is 0.0586. The fraction of sp³-hybridized carbons (Fsp3) is 0.375. The van der Waals surface area contributed by atoms with Gasteiger partial charge in [-0.15, -0.1) is 0 Å². The standard InChI is InChI=1S/C24H26N2O6/c27-12-21(23(29)30)25-22(28)11-20(14-9-10-14)26-24(31)32-13-19-17-7-3-1-5-15(17)16-6-2-4-8-18(16)19/h1-8,14,19-21,27H,9-13H2,(H,25,28)(H,26,31)(H,29,30)/t20?,21-/m0/s1. The van der Waals surface area contributed by atoms with Gasteiger partial charge in [0.25, 0.3) is 0 Å². The molecule has 1 fully saturated rings. The number of hydrogen-bond donors (Lipinski definition) is 4. The molecule has 4 N–H and O–H groups in total. The van der Waals surface area contributed by atoms with Crippen molar-refractivity contribution >= 4 is 18.0 Å². The first-order chi connectivity index (χ1) is 15.5. The topological polar surface area (TPSA) is 125 Å². The third kappa shape index (κ3) is 4.75. The number of aliphatic hydroxyl groups excluding tert-OH is 1. The maximum Gasteiger partial charge on any atom is 0.407 e. The summed E-state index contributed by atoms with van der Waals surface area (Å²) < 4.78 is 5.55. The molecule has 8 heteroatoms. The molecule has 0 spiro atoms. The van der Waals surface area contributed by atoms with Crippen LogP contribution in [0.15, 0.2) is 48.5 Å². The monoisotopic (exact) mass is 438 g/mol. The number of aliphatic hydroxyl groups is 1. The third-order valence-electron chi connectivity index (χ3n) is 6.06. The summed E-state index contributed by atoms with van der Waals surface area (Å²) in [5.74, 6) is -1.76. The number of benzene rings is 2. The summed E-state index contributed by atoms with van der Waals surface area (Å²) in [6.07, 6.45) is 1.08. The van der Waals surface area contributed by atoms with Crippen molar-refractivity contribution in [1.82, 2.24) is 10.6 Å². The van der Waals surface area contributed by atoms with Gasteiger partial charge in [0.15, 0.2) is 0 Å². The quantitative estimate of drug-likeness (QED) is 0.476. The van der Waals surface area contributed by atoms with Crippen LogP contribution in [0.5, 0.6) is 0 Å². The summed E-state index contributed by atoms with van der Waals surface area (Å²) in [6, 6.07) is 14.3. The molecule has 2 aromatic rings. The Hall–Kier alpha value is -3.39. The Morgan fingerprint density at radius 3 is 2.09 bits per heavy atom. The molecule has 2 aromatic carbocycles. The van der Waals surface area contributed by atoms with Crippen molar-refractivity contribution in [2.75, 3.05) is 13.2 Å². The third-order valence-corrected chi connectivity index (χ3v) is 6.06. The largest absolute Gasteiger partial charge is 0.480 e. The number of amides is 2. The fourth-order valence-corrected chi connectivity index (χ4v) is 4.26. The van der Waals surface area contributed by atoms with Gasteiger partial charge in [-0.05, 0) is 41.0 Å². The molecule has 0 bridgehead atoms. The van der Waals surface area contributed by atoms with Crippen LogP contribution in [0.3, 0.4) is 0 Å². The molecule has 0 saturated heterocycles. The first-order valence-electron chi connectivity index (χ1n) is 10.7. The zero-order valence-electron chi connectivity index (χ0n) is 17.5. The molecular weight excluding hydrogens is 412 g/mol. The van der Waals surface area contributed by atoms with E-state index in [1.807, 2.05) is 36.4 Å². The minimum Gasteiger partial charge on any atom is -0.480 e. The summed E-state index contributed by atoms with van der Waals surface area (Å²) in [7, 11) is 0. The van der Waals surface area contributed by atoms with Crippen molar-refractivity contribution < 1.29 is 29.3 Å². The van der Waals surface area contributed by atoms with Gasteiger partial charge in [0.2, 0.25) is 5.91 Å². The van der Waals surface area contributed by atoms with Crippen LogP contribution in [-0.2, 0) is 14.3 Å². The zero-order chi connectivity index (χ0) is 22.7. The van der Waals surface area contributed by atoms with E-state index in [2.05, 4.69) is 22.8 Å². The lowest BCUT2D eigenvalue weighted by molar-refractivity contribution is -0.143. The normalized spacial score (nSPS) is 16.4. The van der Waals surface area contributed by atoms with Crippen molar-refractivity contribution in [2.24, 2.45) is 5.92 Å². The number of carbonyl (C=O) groups is 3. The predicted molar refractivity (Wildman–Crippen MR) is 116 cm³/mol. The number of carbonyl (C=O) groups excluding carboxylic acids is 2. The number of carboxylic acid groups (broad SMARTS) is 1. The Bertz CT molecular complexity index is 974. The van der Waals surface area contributed by atoms with Crippen LogP contribution >= 0.6 is 0 Å². The SMILES string of the molecule is O=C(CC(NC(=O)OCC1c2ccccc2-c2ccccc21)C1CC1)N[C@@H](CO)C(=O)O. The molecule has 8 nitrogen and oxygen atoms in total. The second-order valence-electron chi connectivity index (χ2n) is 8.26. The van der Waals surface area contributed by atoms with Gasteiger partial charge in [-0.3, -0.25) is 4.79 Å². The number of carboxylic acids is 1. The van der Waals surface area contributed by atoms with E-state index >= 15 is 0 Å². The van der Waals surface area contributed by atoms with Crippen molar-refractivity contribution in [3.05, 3.63) is 59.7 Å². The first kappa shape index (κ1) is 21.8. The van der Waals surface area contributed by atoms with E-state index in [0.717, 1.165) is 35.1 Å². The maximum atomic E-state index is 12.5. The molecule has 2 aliphatic rings. The Kier molecular flexibility index (Phi) is 6.41. The lowest BCUT2D eigenvalue weighted by atomic mass is 9.98. The van der Waals surface area contributed by atoms with Gasteiger partial charge in [-0.25, -0.2) is 9.59 Å². The van der Waals surface area contributed by atoms with Gasteiger partial charge < -0.3 is 25.6 Å². The van der Waals surface area contributed by atoms with Gasteiger partial charge >= 0.3 is 12.1 Å². The van der Waals surface area contributed by atoms with E-state index in [1.165, 1.54) is 0 Å². The van der Waals surface area contributed by atoms with Crippen molar-refractivity contribution in [3.63, 3.8) is 0 Å². The highest BCUT2D eigenvalue weighted by atomic mass is 16.5. The summed E-state index contributed by atoms with van der Waals surface area (Å²) >= 11 is 0. The van der Waals surface area contributed by atoms with E-state index in [0.29, 0.717) is 0 Å². The van der Waals surface area contributed by atoms with Gasteiger partial charge in [0, 0.05) is 18.4 Å². The number of alkyl carbamates (subject to hydrolysis) is 1. The number of fused-ring (bicyclic) bond motifs is 3. The fourth-order valence-electron chi connectivity index (χ4n) is 4.26. The summed E-state index contributed by atoms with van der Waals surface area (Å²) in [4.78, 5) is 35.7. The highest BCUT2D eigenvalue weighted by Gasteiger charge is 2.35. The van der Waals surface area contributed by atoms with Crippen molar-refractivity contribution in [3.8, 4) is 11.1 Å². The molecule has 0 aromatic heterocycles. The molecule has 0 heterocycles. The summed E-state index contributed by atoms with van der Waals surface area (Å²) in [5.41, 5.74) is 4.51. The van der Waals surface area contributed by atoms with Gasteiger partial charge in [0.05, 0.1) is 6.61 Å². The lowest BCUT2D eigenvalue weighted by Crippen LogP contribution is -2.47. The molecule has 2 aliphatic carbocycles. The summed E-state index contributed by atoms with van der Waals surface area (Å²) in [6.45, 7) is -0.524. The van der Waals surface area contributed by atoms with Crippen LogP contribution in [0.1, 0.15) is 36.3 Å². The number of nitrogens with one attached hydrogen (secondary N) is 2. The second-order valence-corrected chi connectivity index (χ2v) is 8.26. The van der Waals surface area contributed by atoms with Crippen LogP contribution < -0.4 is 10.6 Å². The highest BCUT2D eigenvalue weighted by Crippen LogP contribution is 2.44. The second kappa shape index (κ2) is 9.40.